The summed E-state index contributed by atoms with van der Waals surface area (Å²) in [5.41, 5.74) is 2.44. The van der Waals surface area contributed by atoms with Gasteiger partial charge in [-0.1, -0.05) is 35.9 Å². The summed E-state index contributed by atoms with van der Waals surface area (Å²) in [6, 6.07) is 20.3. The van der Waals surface area contributed by atoms with E-state index in [2.05, 4.69) is 15.2 Å². The van der Waals surface area contributed by atoms with E-state index in [1.54, 1.807) is 50.4 Å². The highest BCUT2D eigenvalue weighted by Gasteiger charge is 2.14. The Morgan fingerprint density at radius 2 is 1.70 bits per heavy atom. The molecule has 0 saturated carbocycles. The summed E-state index contributed by atoms with van der Waals surface area (Å²) >= 11 is 6.18. The topological polar surface area (TPSA) is 107 Å². The quantitative estimate of drug-likeness (QED) is 0.266. The predicted molar refractivity (Wildman–Crippen MR) is 153 cm³/mol. The van der Waals surface area contributed by atoms with Gasteiger partial charge in [0.2, 0.25) is 5.91 Å². The number of amides is 1. The molecule has 1 aromatic heterocycles. The molecule has 0 atom stereocenters. The number of nitrogens with one attached hydrogen (secondary N) is 1. The van der Waals surface area contributed by atoms with Crippen LogP contribution in [0.3, 0.4) is 0 Å². The Balaban J connectivity index is 1.28. The van der Waals surface area contributed by atoms with Crippen LogP contribution in [0.5, 0.6) is 17.2 Å². The second-order valence-corrected chi connectivity index (χ2v) is 9.52. The highest BCUT2D eigenvalue weighted by molar-refractivity contribution is 6.31. The van der Waals surface area contributed by atoms with E-state index in [0.717, 1.165) is 11.1 Å². The van der Waals surface area contributed by atoms with Gasteiger partial charge in [-0.3, -0.25) is 9.59 Å². The number of nitrogens with zero attached hydrogens (tertiary/aromatic N) is 3. The van der Waals surface area contributed by atoms with Crippen LogP contribution in [-0.4, -0.2) is 53.8 Å². The summed E-state index contributed by atoms with van der Waals surface area (Å²) in [6.45, 7) is 0.863. The molecule has 3 aromatic carbocycles. The number of halogens is 1. The first-order valence-electron chi connectivity index (χ1n) is 12.8. The number of carbonyl (C=O) groups is 1. The third-order valence-corrected chi connectivity index (χ3v) is 6.80. The van der Waals surface area contributed by atoms with Crippen molar-refractivity contribution in [1.29, 1.82) is 0 Å². The number of hydrogen-bond donors (Lipinski definition) is 1. The number of aryl methyl sites for hydroxylation is 1. The second kappa shape index (κ2) is 13.6. The lowest BCUT2D eigenvalue weighted by Gasteiger charge is -2.17. The highest BCUT2D eigenvalue weighted by atomic mass is 35.5. The Kier molecular flexibility index (Phi) is 9.75. The van der Waals surface area contributed by atoms with Crippen molar-refractivity contribution in [2.45, 2.75) is 25.9 Å². The van der Waals surface area contributed by atoms with Crippen molar-refractivity contribution in [3.63, 3.8) is 0 Å². The fourth-order valence-electron chi connectivity index (χ4n) is 4.01. The van der Waals surface area contributed by atoms with Crippen molar-refractivity contribution in [2.24, 2.45) is 0 Å². The number of methoxy groups -OCH3 is 2. The van der Waals surface area contributed by atoms with Crippen LogP contribution in [0.4, 0.5) is 0 Å². The Bertz CT molecular complexity index is 1510. The van der Waals surface area contributed by atoms with E-state index >= 15 is 0 Å². The average molecular weight is 563 g/mol. The summed E-state index contributed by atoms with van der Waals surface area (Å²) in [5.74, 6) is 2.21. The van der Waals surface area contributed by atoms with Crippen LogP contribution in [0.25, 0.3) is 11.4 Å². The maximum absolute atomic E-state index is 12.7. The molecule has 0 unspecified atom stereocenters. The standard InChI is InChI=1S/C30H31ClN4O5/c1-35(17-16-20-8-14-26(38-2)27(18-20)39-3)28(36)15-13-25-30(37)32-29(34-33-25)21-9-11-23(12-10-21)40-19-22-6-4-5-7-24(22)31/h4-12,14,18H,13,15-17,19H2,1-3H3,(H,32,34,37). The van der Waals surface area contributed by atoms with Crippen LogP contribution >= 0.6 is 11.6 Å². The molecule has 0 fully saturated rings. The number of H-pyrrole nitrogens is 1. The van der Waals surface area contributed by atoms with Crippen molar-refractivity contribution in [1.82, 2.24) is 20.1 Å². The lowest BCUT2D eigenvalue weighted by Crippen LogP contribution is -2.30. The molecule has 10 heteroatoms. The van der Waals surface area contributed by atoms with Gasteiger partial charge in [-0.05, 0) is 54.4 Å². The first-order valence-corrected chi connectivity index (χ1v) is 13.1. The minimum Gasteiger partial charge on any atom is -0.493 e. The van der Waals surface area contributed by atoms with E-state index in [4.69, 9.17) is 25.8 Å². The van der Waals surface area contributed by atoms with Crippen molar-refractivity contribution in [2.75, 3.05) is 27.8 Å². The molecular formula is C30H31ClN4O5. The zero-order valence-electron chi connectivity index (χ0n) is 22.6. The van der Waals surface area contributed by atoms with E-state index in [9.17, 15) is 9.59 Å². The van der Waals surface area contributed by atoms with Crippen LogP contribution in [0.1, 0.15) is 23.2 Å². The number of likely N-dealkylation sites (N-methyl/N-ethyl adjacent to an activating group) is 1. The molecule has 0 aliphatic carbocycles. The van der Waals surface area contributed by atoms with Gasteiger partial charge in [0.15, 0.2) is 17.3 Å². The number of carbonyl (C=O) groups excluding carboxylic acids is 1. The molecule has 0 bridgehead atoms. The molecular weight excluding hydrogens is 532 g/mol. The van der Waals surface area contributed by atoms with Crippen molar-refractivity contribution < 1.29 is 19.0 Å². The second-order valence-electron chi connectivity index (χ2n) is 9.11. The number of aromatic amines is 1. The molecule has 0 saturated heterocycles. The Morgan fingerprint density at radius 3 is 2.40 bits per heavy atom. The molecule has 1 N–H and O–H groups in total. The Hall–Kier alpha value is -4.37. The van der Waals surface area contributed by atoms with Gasteiger partial charge in [0.05, 0.1) is 14.2 Å². The van der Waals surface area contributed by atoms with Gasteiger partial charge < -0.3 is 24.1 Å². The summed E-state index contributed by atoms with van der Waals surface area (Å²) < 4.78 is 16.4. The minimum atomic E-state index is -0.371. The molecule has 40 heavy (non-hydrogen) atoms. The number of aromatic nitrogens is 3. The van der Waals surface area contributed by atoms with Gasteiger partial charge in [0, 0.05) is 42.6 Å². The lowest BCUT2D eigenvalue weighted by molar-refractivity contribution is -0.129. The normalized spacial score (nSPS) is 10.7. The summed E-state index contributed by atoms with van der Waals surface area (Å²) in [4.78, 5) is 29.7. The summed E-state index contributed by atoms with van der Waals surface area (Å²) in [6.07, 6.45) is 0.996. The average Bonchev–Trinajstić information content (AvgIpc) is 2.98. The number of hydrogen-bond acceptors (Lipinski definition) is 7. The number of rotatable bonds is 12. The molecule has 0 aliphatic heterocycles. The lowest BCUT2D eigenvalue weighted by atomic mass is 10.1. The molecule has 208 valence electrons. The van der Waals surface area contributed by atoms with E-state index < -0.39 is 0 Å². The highest BCUT2D eigenvalue weighted by Crippen LogP contribution is 2.27. The van der Waals surface area contributed by atoms with Crippen molar-refractivity contribution in [3.05, 3.63) is 98.9 Å². The Labute approximate surface area is 237 Å². The first kappa shape index (κ1) is 28.6. The van der Waals surface area contributed by atoms with Crippen LogP contribution in [0.15, 0.2) is 71.5 Å². The van der Waals surface area contributed by atoms with Gasteiger partial charge >= 0.3 is 0 Å². The maximum atomic E-state index is 12.7. The first-order chi connectivity index (χ1) is 19.4. The number of ether oxygens (including phenoxy) is 3. The van der Waals surface area contributed by atoms with Crippen LogP contribution in [0.2, 0.25) is 5.02 Å². The fraction of sp³-hybridized carbons (Fsp3) is 0.267. The SMILES string of the molecule is COc1ccc(CCN(C)C(=O)CCc2nnc(-c3ccc(OCc4ccccc4Cl)cc3)[nH]c2=O)cc1OC. The zero-order valence-corrected chi connectivity index (χ0v) is 23.4. The maximum Gasteiger partial charge on any atom is 0.273 e. The molecule has 0 spiro atoms. The van der Waals surface area contributed by atoms with Gasteiger partial charge in [-0.15, -0.1) is 10.2 Å². The van der Waals surface area contributed by atoms with Crippen LogP contribution in [-0.2, 0) is 24.2 Å². The van der Waals surface area contributed by atoms with Crippen LogP contribution in [0, 0.1) is 0 Å². The zero-order chi connectivity index (χ0) is 28.5. The van der Waals surface area contributed by atoms with Crippen molar-refractivity contribution in [3.8, 4) is 28.6 Å². The van der Waals surface area contributed by atoms with E-state index in [1.807, 2.05) is 42.5 Å². The van der Waals surface area contributed by atoms with Crippen LogP contribution < -0.4 is 19.8 Å². The monoisotopic (exact) mass is 562 g/mol. The fourth-order valence-corrected chi connectivity index (χ4v) is 4.20. The summed E-state index contributed by atoms with van der Waals surface area (Å²) in [5, 5.41) is 8.90. The Morgan fingerprint density at radius 1 is 0.950 bits per heavy atom. The van der Waals surface area contributed by atoms with Gasteiger partial charge in [-0.2, -0.15) is 0 Å². The third kappa shape index (κ3) is 7.39. The smallest absolute Gasteiger partial charge is 0.273 e. The van der Waals surface area contributed by atoms with E-state index in [-0.39, 0.29) is 30.0 Å². The summed E-state index contributed by atoms with van der Waals surface area (Å²) in [7, 11) is 4.92. The van der Waals surface area contributed by atoms with Gasteiger partial charge in [0.25, 0.3) is 5.56 Å². The van der Waals surface area contributed by atoms with Crippen molar-refractivity contribution >= 4 is 17.5 Å². The third-order valence-electron chi connectivity index (χ3n) is 6.43. The molecule has 1 heterocycles. The molecule has 4 rings (SSSR count). The predicted octanol–water partition coefficient (Wildman–Crippen LogP) is 4.72. The molecule has 4 aromatic rings. The number of benzene rings is 3. The molecule has 0 radical (unpaired) electrons. The van der Waals surface area contributed by atoms with Gasteiger partial charge in [-0.25, -0.2) is 0 Å². The molecule has 9 nitrogen and oxygen atoms in total. The van der Waals surface area contributed by atoms with Gasteiger partial charge in [0.1, 0.15) is 18.1 Å². The van der Waals surface area contributed by atoms with E-state index in [0.29, 0.717) is 53.2 Å². The molecule has 1 amide bonds. The minimum absolute atomic E-state index is 0.0851. The van der Waals surface area contributed by atoms with E-state index in [1.165, 1.54) is 0 Å². The molecule has 0 aliphatic rings. The largest absolute Gasteiger partial charge is 0.493 e.